The van der Waals surface area contributed by atoms with Gasteiger partial charge in [0, 0.05) is 29.4 Å². The maximum atomic E-state index is 12.1. The number of nitrogens with one attached hydrogen (secondary N) is 1. The summed E-state index contributed by atoms with van der Waals surface area (Å²) in [5, 5.41) is 13.5. The molecule has 7 nitrogen and oxygen atoms in total. The molecule has 116 valence electrons. The predicted octanol–water partition coefficient (Wildman–Crippen LogP) is 2.22. The molecule has 0 heterocycles. The fraction of sp³-hybridized carbons (Fsp3) is 0.417. The molecule has 0 bridgehead atoms. The van der Waals surface area contributed by atoms with Crippen molar-refractivity contribution in [2.24, 2.45) is 5.92 Å². The van der Waals surface area contributed by atoms with Crippen LogP contribution < -0.4 is 5.32 Å². The molecule has 1 N–H and O–H groups in total. The second-order valence-electron chi connectivity index (χ2n) is 4.92. The van der Waals surface area contributed by atoms with Crippen LogP contribution in [0.1, 0.15) is 29.8 Å². The summed E-state index contributed by atoms with van der Waals surface area (Å²) in [6.45, 7) is 5.51. The van der Waals surface area contributed by atoms with Crippen molar-refractivity contribution < 1.29 is 18.1 Å². The van der Waals surface area contributed by atoms with E-state index in [2.05, 4.69) is 5.32 Å². The second kappa shape index (κ2) is 6.40. The summed E-state index contributed by atoms with van der Waals surface area (Å²) in [6, 6.07) is 1.88. The van der Waals surface area contributed by atoms with Crippen LogP contribution in [0.4, 0.5) is 5.69 Å². The molecule has 0 spiro atoms. The number of nitro groups is 1. The molecule has 0 fully saturated rings. The van der Waals surface area contributed by atoms with Crippen LogP contribution in [0.15, 0.2) is 17.0 Å². The van der Waals surface area contributed by atoms with E-state index < -0.39 is 30.5 Å². The van der Waals surface area contributed by atoms with Gasteiger partial charge in [0.2, 0.25) is 0 Å². The average Bonchev–Trinajstić information content (AvgIpc) is 2.34. The van der Waals surface area contributed by atoms with Crippen molar-refractivity contribution >= 4 is 31.3 Å². The molecule has 0 unspecified atom stereocenters. The largest absolute Gasteiger partial charge is 0.352 e. The van der Waals surface area contributed by atoms with Gasteiger partial charge in [0.1, 0.15) is 0 Å². The molecular formula is C12H15ClN2O5S. The van der Waals surface area contributed by atoms with Crippen LogP contribution in [-0.2, 0) is 9.05 Å². The first-order chi connectivity index (χ1) is 9.54. The quantitative estimate of drug-likeness (QED) is 0.504. The minimum atomic E-state index is -4.19. The summed E-state index contributed by atoms with van der Waals surface area (Å²) in [4.78, 5) is 21.7. The van der Waals surface area contributed by atoms with Crippen molar-refractivity contribution in [1.82, 2.24) is 5.32 Å². The van der Waals surface area contributed by atoms with Crippen molar-refractivity contribution in [3.05, 3.63) is 33.4 Å². The summed E-state index contributed by atoms with van der Waals surface area (Å²) < 4.78 is 23.0. The molecule has 0 aliphatic rings. The molecule has 0 aliphatic carbocycles. The first-order valence-electron chi connectivity index (χ1n) is 6.06. The maximum Gasteiger partial charge on any atom is 0.271 e. The standard InChI is InChI=1S/C12H15ClN2O5S/c1-7(2)6-14-12(16)10-4-9(15(17)18)5-11(8(10)3)21(13,19)20/h4-5,7H,6H2,1-3H3,(H,14,16). The lowest BCUT2D eigenvalue weighted by Crippen LogP contribution is -2.28. The van der Waals surface area contributed by atoms with E-state index >= 15 is 0 Å². The topological polar surface area (TPSA) is 106 Å². The van der Waals surface area contributed by atoms with Gasteiger partial charge in [-0.2, -0.15) is 0 Å². The third-order valence-corrected chi connectivity index (χ3v) is 4.18. The number of nitrogens with zero attached hydrogens (tertiary/aromatic N) is 1. The molecule has 0 aliphatic heterocycles. The first-order valence-corrected chi connectivity index (χ1v) is 8.37. The molecule has 1 rings (SSSR count). The number of carbonyl (C=O) groups excluding carboxylic acids is 1. The number of halogens is 1. The van der Waals surface area contributed by atoms with Crippen molar-refractivity contribution in [2.75, 3.05) is 6.54 Å². The van der Waals surface area contributed by atoms with Gasteiger partial charge in [-0.25, -0.2) is 8.42 Å². The molecule has 1 aromatic carbocycles. The highest BCUT2D eigenvalue weighted by molar-refractivity contribution is 8.13. The van der Waals surface area contributed by atoms with Crippen LogP contribution in [0.3, 0.4) is 0 Å². The van der Waals surface area contributed by atoms with Gasteiger partial charge >= 0.3 is 0 Å². The van der Waals surface area contributed by atoms with E-state index in [0.717, 1.165) is 12.1 Å². The van der Waals surface area contributed by atoms with Crippen molar-refractivity contribution in [3.63, 3.8) is 0 Å². The fourth-order valence-corrected chi connectivity index (χ4v) is 2.88. The monoisotopic (exact) mass is 334 g/mol. The Bertz CT molecular complexity index is 685. The summed E-state index contributed by atoms with van der Waals surface area (Å²) >= 11 is 0. The van der Waals surface area contributed by atoms with E-state index in [-0.39, 0.29) is 17.0 Å². The highest BCUT2D eigenvalue weighted by Crippen LogP contribution is 2.28. The van der Waals surface area contributed by atoms with E-state index in [1.807, 2.05) is 13.8 Å². The number of amides is 1. The van der Waals surface area contributed by atoms with Crippen molar-refractivity contribution in [1.29, 1.82) is 0 Å². The van der Waals surface area contributed by atoms with Gasteiger partial charge in [0.05, 0.1) is 15.4 Å². The van der Waals surface area contributed by atoms with Crippen molar-refractivity contribution in [3.8, 4) is 0 Å². The molecule has 0 radical (unpaired) electrons. The lowest BCUT2D eigenvalue weighted by atomic mass is 10.1. The summed E-state index contributed by atoms with van der Waals surface area (Å²) in [6.07, 6.45) is 0. The van der Waals surface area contributed by atoms with E-state index in [1.54, 1.807) is 0 Å². The van der Waals surface area contributed by atoms with E-state index in [0.29, 0.717) is 6.54 Å². The molecule has 21 heavy (non-hydrogen) atoms. The van der Waals surface area contributed by atoms with Gasteiger partial charge < -0.3 is 5.32 Å². The average molecular weight is 335 g/mol. The van der Waals surface area contributed by atoms with Gasteiger partial charge in [0.25, 0.3) is 20.6 Å². The number of carbonyl (C=O) groups is 1. The Morgan fingerprint density at radius 1 is 1.43 bits per heavy atom. The number of hydrogen-bond donors (Lipinski definition) is 1. The minimum Gasteiger partial charge on any atom is -0.352 e. The lowest BCUT2D eigenvalue weighted by molar-refractivity contribution is -0.385. The minimum absolute atomic E-state index is 0.0796. The normalized spacial score (nSPS) is 11.5. The van der Waals surface area contributed by atoms with Crippen LogP contribution in [0.25, 0.3) is 0 Å². The van der Waals surface area contributed by atoms with Crippen LogP contribution in [0.2, 0.25) is 0 Å². The molecular weight excluding hydrogens is 320 g/mol. The summed E-state index contributed by atoms with van der Waals surface area (Å²) in [5.41, 5.74) is -0.504. The molecule has 0 saturated carbocycles. The van der Waals surface area contributed by atoms with Crippen molar-refractivity contribution in [2.45, 2.75) is 25.7 Å². The SMILES string of the molecule is Cc1c(C(=O)NCC(C)C)cc([N+](=O)[O-])cc1S(=O)(=O)Cl. The highest BCUT2D eigenvalue weighted by atomic mass is 35.7. The Kier molecular flexibility index (Phi) is 5.30. The third-order valence-electron chi connectivity index (χ3n) is 2.73. The molecule has 0 saturated heterocycles. The number of benzene rings is 1. The number of hydrogen-bond acceptors (Lipinski definition) is 5. The Morgan fingerprint density at radius 3 is 2.43 bits per heavy atom. The van der Waals surface area contributed by atoms with E-state index in [9.17, 15) is 23.3 Å². The molecule has 0 aromatic heterocycles. The smallest absolute Gasteiger partial charge is 0.271 e. The highest BCUT2D eigenvalue weighted by Gasteiger charge is 2.24. The number of nitro benzene ring substituents is 1. The molecule has 1 aromatic rings. The lowest BCUT2D eigenvalue weighted by Gasteiger charge is -2.11. The number of rotatable bonds is 5. The Hall–Kier alpha value is -1.67. The van der Waals surface area contributed by atoms with Gasteiger partial charge in [-0.05, 0) is 18.4 Å². The van der Waals surface area contributed by atoms with E-state index in [1.165, 1.54) is 6.92 Å². The summed E-state index contributed by atoms with van der Waals surface area (Å²) in [5.74, 6) is -0.393. The van der Waals surface area contributed by atoms with Gasteiger partial charge in [-0.15, -0.1) is 0 Å². The number of non-ortho nitro benzene ring substituents is 1. The van der Waals surface area contributed by atoms with Crippen LogP contribution in [0.5, 0.6) is 0 Å². The Balaban J connectivity index is 3.41. The third kappa shape index (κ3) is 4.40. The molecule has 0 atom stereocenters. The zero-order valence-electron chi connectivity index (χ0n) is 11.7. The van der Waals surface area contributed by atoms with Gasteiger partial charge in [-0.3, -0.25) is 14.9 Å². The Morgan fingerprint density at radius 2 is 2.00 bits per heavy atom. The predicted molar refractivity (Wildman–Crippen MR) is 78.0 cm³/mol. The first kappa shape index (κ1) is 17.4. The van der Waals surface area contributed by atoms with E-state index in [4.69, 9.17) is 10.7 Å². The van der Waals surface area contributed by atoms with Crippen LogP contribution in [-0.4, -0.2) is 25.8 Å². The van der Waals surface area contributed by atoms with Gasteiger partial charge in [-0.1, -0.05) is 13.8 Å². The molecule has 1 amide bonds. The molecule has 9 heteroatoms. The summed E-state index contributed by atoms with van der Waals surface area (Å²) in [7, 11) is 1.07. The van der Waals surface area contributed by atoms with Crippen LogP contribution in [0, 0.1) is 23.0 Å². The zero-order chi connectivity index (χ0) is 16.4. The second-order valence-corrected chi connectivity index (χ2v) is 7.45. The van der Waals surface area contributed by atoms with Gasteiger partial charge in [0.15, 0.2) is 0 Å². The zero-order valence-corrected chi connectivity index (χ0v) is 13.3. The maximum absolute atomic E-state index is 12.1. The fourth-order valence-electron chi connectivity index (χ4n) is 1.66. The Labute approximate surface area is 126 Å². The van der Waals surface area contributed by atoms with Crippen LogP contribution >= 0.6 is 10.7 Å².